The Morgan fingerprint density at radius 1 is 1.20 bits per heavy atom. The smallest absolute Gasteiger partial charge is 0.248 e. The van der Waals surface area contributed by atoms with Gasteiger partial charge in [-0.15, -0.1) is 0 Å². The van der Waals surface area contributed by atoms with Gasteiger partial charge >= 0.3 is 0 Å². The molecule has 0 aliphatic carbocycles. The molecule has 7 nitrogen and oxygen atoms in total. The zero-order valence-corrected chi connectivity index (χ0v) is 17.7. The number of hydrogen-bond acceptors (Lipinski definition) is 4. The van der Waals surface area contributed by atoms with Crippen LogP contribution >= 0.6 is 0 Å². The van der Waals surface area contributed by atoms with Gasteiger partial charge in [0.15, 0.2) is 0 Å². The predicted octanol–water partition coefficient (Wildman–Crippen LogP) is 3.14. The molecule has 2 amide bonds. The normalized spacial score (nSPS) is 15.2. The lowest BCUT2D eigenvalue weighted by Gasteiger charge is -2.30. The molecule has 1 unspecified atom stereocenters. The van der Waals surface area contributed by atoms with Crippen LogP contribution in [0.1, 0.15) is 26.2 Å². The van der Waals surface area contributed by atoms with E-state index in [4.69, 9.17) is 0 Å². The van der Waals surface area contributed by atoms with Crippen LogP contribution in [0.2, 0.25) is 0 Å². The van der Waals surface area contributed by atoms with Crippen molar-refractivity contribution in [1.29, 1.82) is 0 Å². The molecule has 1 heterocycles. The fourth-order valence-corrected chi connectivity index (χ4v) is 4.75. The van der Waals surface area contributed by atoms with E-state index >= 15 is 0 Å². The van der Waals surface area contributed by atoms with Gasteiger partial charge in [0.1, 0.15) is 11.9 Å². The predicted molar refractivity (Wildman–Crippen MR) is 114 cm³/mol. The summed E-state index contributed by atoms with van der Waals surface area (Å²) >= 11 is 0. The number of anilines is 3. The monoisotopic (exact) mass is 433 g/mol. The fraction of sp³-hybridized carbons (Fsp3) is 0.333. The van der Waals surface area contributed by atoms with Crippen LogP contribution in [0, 0.1) is 5.82 Å². The summed E-state index contributed by atoms with van der Waals surface area (Å²) in [6, 6.07) is 11.1. The average Bonchev–Trinajstić information content (AvgIpc) is 3.12. The zero-order valence-electron chi connectivity index (χ0n) is 16.8. The molecule has 0 bridgehead atoms. The van der Waals surface area contributed by atoms with Crippen molar-refractivity contribution in [2.75, 3.05) is 27.3 Å². The lowest BCUT2D eigenvalue weighted by Crippen LogP contribution is -2.47. The average molecular weight is 434 g/mol. The maximum absolute atomic E-state index is 14.3. The van der Waals surface area contributed by atoms with Gasteiger partial charge in [0, 0.05) is 24.3 Å². The van der Waals surface area contributed by atoms with Crippen LogP contribution in [-0.2, 0) is 19.6 Å². The summed E-state index contributed by atoms with van der Waals surface area (Å²) in [5.74, 6) is -1.24. The summed E-state index contributed by atoms with van der Waals surface area (Å²) in [5, 5.41) is 2.69. The Kier molecular flexibility index (Phi) is 6.40. The van der Waals surface area contributed by atoms with Gasteiger partial charge in [0.25, 0.3) is 0 Å². The first-order valence-electron chi connectivity index (χ1n) is 9.67. The Bertz CT molecular complexity index is 1040. The molecule has 1 saturated heterocycles. The van der Waals surface area contributed by atoms with Crippen LogP contribution in [-0.4, -0.2) is 39.1 Å². The Morgan fingerprint density at radius 3 is 2.40 bits per heavy atom. The summed E-state index contributed by atoms with van der Waals surface area (Å²) < 4.78 is 39.9. The molecule has 0 radical (unpaired) electrons. The SMILES string of the molecule is CCC(C(=O)Nc1ccc(N2CCCC2=O)cc1)N(c1ccccc1F)S(C)(=O)=O. The Labute approximate surface area is 175 Å². The quantitative estimate of drug-likeness (QED) is 0.727. The molecule has 1 aliphatic rings. The van der Waals surface area contributed by atoms with Gasteiger partial charge in [0.2, 0.25) is 21.8 Å². The minimum absolute atomic E-state index is 0.0616. The molecule has 1 atom stereocenters. The van der Waals surface area contributed by atoms with Crippen LogP contribution < -0.4 is 14.5 Å². The van der Waals surface area contributed by atoms with Gasteiger partial charge in [-0.2, -0.15) is 0 Å². The van der Waals surface area contributed by atoms with Crippen molar-refractivity contribution in [2.45, 2.75) is 32.2 Å². The maximum atomic E-state index is 14.3. The second-order valence-corrected chi connectivity index (χ2v) is 8.98. The molecule has 30 heavy (non-hydrogen) atoms. The van der Waals surface area contributed by atoms with E-state index in [0.717, 1.165) is 28.7 Å². The van der Waals surface area contributed by atoms with Gasteiger partial charge in [-0.1, -0.05) is 19.1 Å². The highest BCUT2D eigenvalue weighted by Gasteiger charge is 2.33. The van der Waals surface area contributed by atoms with Crippen molar-refractivity contribution in [2.24, 2.45) is 0 Å². The van der Waals surface area contributed by atoms with Crippen molar-refractivity contribution >= 4 is 38.9 Å². The second-order valence-electron chi connectivity index (χ2n) is 7.12. The largest absolute Gasteiger partial charge is 0.324 e. The molecule has 3 rings (SSSR count). The van der Waals surface area contributed by atoms with Gasteiger partial charge in [0.05, 0.1) is 11.9 Å². The molecule has 9 heteroatoms. The van der Waals surface area contributed by atoms with Crippen molar-refractivity contribution < 1.29 is 22.4 Å². The first-order chi connectivity index (χ1) is 14.2. The van der Waals surface area contributed by atoms with Crippen LogP contribution in [0.5, 0.6) is 0 Å². The third kappa shape index (κ3) is 4.62. The van der Waals surface area contributed by atoms with E-state index in [0.29, 0.717) is 18.7 Å². The molecule has 0 saturated carbocycles. The van der Waals surface area contributed by atoms with Gasteiger partial charge in [-0.05, 0) is 49.2 Å². The molecular formula is C21H24FN3O4S. The lowest BCUT2D eigenvalue weighted by molar-refractivity contribution is -0.118. The molecule has 1 N–H and O–H groups in total. The topological polar surface area (TPSA) is 86.8 Å². The highest BCUT2D eigenvalue weighted by molar-refractivity contribution is 7.92. The standard InChI is InChI=1S/C21H24FN3O4S/c1-3-18(25(30(2,28)29)19-8-5-4-7-17(19)22)21(27)23-15-10-12-16(13-11-15)24-14-6-9-20(24)26/h4-5,7-8,10-13,18H,3,6,9,14H2,1-2H3,(H,23,27). The minimum Gasteiger partial charge on any atom is -0.324 e. The molecule has 0 aromatic heterocycles. The number of sulfonamides is 1. The van der Waals surface area contributed by atoms with E-state index < -0.39 is 27.8 Å². The van der Waals surface area contributed by atoms with E-state index in [1.165, 1.54) is 18.2 Å². The van der Waals surface area contributed by atoms with Crippen molar-refractivity contribution in [3.05, 3.63) is 54.3 Å². The van der Waals surface area contributed by atoms with Crippen LogP contribution in [0.15, 0.2) is 48.5 Å². The summed E-state index contributed by atoms with van der Waals surface area (Å²) in [6.07, 6.45) is 2.42. The third-order valence-corrected chi connectivity index (χ3v) is 6.11. The van der Waals surface area contributed by atoms with E-state index in [1.54, 1.807) is 36.1 Å². The Morgan fingerprint density at radius 2 is 1.87 bits per heavy atom. The third-order valence-electron chi connectivity index (χ3n) is 4.94. The Hall–Kier alpha value is -2.94. The number of para-hydroxylation sites is 1. The van der Waals surface area contributed by atoms with E-state index in [-0.39, 0.29) is 18.0 Å². The van der Waals surface area contributed by atoms with Crippen LogP contribution in [0.25, 0.3) is 0 Å². The van der Waals surface area contributed by atoms with Crippen LogP contribution in [0.4, 0.5) is 21.5 Å². The van der Waals surface area contributed by atoms with Crippen molar-refractivity contribution in [3.8, 4) is 0 Å². The zero-order chi connectivity index (χ0) is 21.9. The number of carbonyl (C=O) groups excluding carboxylic acids is 2. The molecule has 1 fully saturated rings. The Balaban J connectivity index is 1.82. The van der Waals surface area contributed by atoms with Crippen LogP contribution in [0.3, 0.4) is 0 Å². The van der Waals surface area contributed by atoms with E-state index in [9.17, 15) is 22.4 Å². The number of hydrogen-bond donors (Lipinski definition) is 1. The van der Waals surface area contributed by atoms with Gasteiger partial charge in [-0.3, -0.25) is 13.9 Å². The first-order valence-corrected chi connectivity index (χ1v) is 11.5. The molecular weight excluding hydrogens is 409 g/mol. The number of benzene rings is 2. The number of rotatable bonds is 7. The molecule has 1 aliphatic heterocycles. The summed E-state index contributed by atoms with van der Waals surface area (Å²) in [5.41, 5.74) is 1.02. The summed E-state index contributed by atoms with van der Waals surface area (Å²) in [6.45, 7) is 2.32. The number of nitrogens with one attached hydrogen (secondary N) is 1. The minimum atomic E-state index is -3.92. The number of amides is 2. The molecule has 2 aromatic carbocycles. The number of carbonyl (C=O) groups is 2. The molecule has 160 valence electrons. The fourth-order valence-electron chi connectivity index (χ4n) is 3.54. The van der Waals surface area contributed by atoms with Gasteiger partial charge in [-0.25, -0.2) is 12.8 Å². The number of halogens is 1. The summed E-state index contributed by atoms with van der Waals surface area (Å²) in [7, 11) is -3.92. The van der Waals surface area contributed by atoms with Gasteiger partial charge < -0.3 is 10.2 Å². The highest BCUT2D eigenvalue weighted by atomic mass is 32.2. The summed E-state index contributed by atoms with van der Waals surface area (Å²) in [4.78, 5) is 26.4. The lowest BCUT2D eigenvalue weighted by atomic mass is 10.1. The highest BCUT2D eigenvalue weighted by Crippen LogP contribution is 2.27. The van der Waals surface area contributed by atoms with Crippen molar-refractivity contribution in [1.82, 2.24) is 0 Å². The maximum Gasteiger partial charge on any atom is 0.248 e. The second kappa shape index (κ2) is 8.83. The van der Waals surface area contributed by atoms with E-state index in [1.807, 2.05) is 0 Å². The first kappa shape index (κ1) is 21.8. The van der Waals surface area contributed by atoms with Crippen molar-refractivity contribution in [3.63, 3.8) is 0 Å². The molecule has 0 spiro atoms. The number of nitrogens with zero attached hydrogens (tertiary/aromatic N) is 2. The van der Waals surface area contributed by atoms with E-state index in [2.05, 4.69) is 5.32 Å². The molecule has 2 aromatic rings.